The van der Waals surface area contributed by atoms with Gasteiger partial charge < -0.3 is 13.9 Å². The quantitative estimate of drug-likeness (QED) is 0.761. The Morgan fingerprint density at radius 3 is 2.95 bits per heavy atom. The fourth-order valence-electron chi connectivity index (χ4n) is 2.78. The van der Waals surface area contributed by atoms with E-state index in [1.807, 2.05) is 6.07 Å². The Balaban J connectivity index is 1.88. The molecule has 3 heterocycles. The lowest BCUT2D eigenvalue weighted by Gasteiger charge is -2.26. The first-order chi connectivity index (χ1) is 9.24. The summed E-state index contributed by atoms with van der Waals surface area (Å²) >= 11 is 0. The van der Waals surface area contributed by atoms with Gasteiger partial charge in [0.1, 0.15) is 6.10 Å². The van der Waals surface area contributed by atoms with Gasteiger partial charge >= 0.3 is 5.76 Å². The van der Waals surface area contributed by atoms with E-state index in [-0.39, 0.29) is 24.3 Å². The fraction of sp³-hybridized carbons (Fsp3) is 0.385. The van der Waals surface area contributed by atoms with E-state index < -0.39 is 12.0 Å². The molecule has 2 aliphatic heterocycles. The van der Waals surface area contributed by atoms with Crippen molar-refractivity contribution in [3.8, 4) is 0 Å². The van der Waals surface area contributed by atoms with Crippen LogP contribution in [0.2, 0.25) is 0 Å². The van der Waals surface area contributed by atoms with Crippen LogP contribution in [-0.4, -0.2) is 29.4 Å². The van der Waals surface area contributed by atoms with Gasteiger partial charge in [0, 0.05) is 6.42 Å². The molecule has 0 spiro atoms. The van der Waals surface area contributed by atoms with Gasteiger partial charge in [0.05, 0.1) is 18.2 Å². The van der Waals surface area contributed by atoms with Crippen LogP contribution in [-0.2, 0) is 14.3 Å². The van der Waals surface area contributed by atoms with Crippen molar-refractivity contribution in [3.63, 3.8) is 0 Å². The predicted octanol–water partition coefficient (Wildman–Crippen LogP) is 0.850. The van der Waals surface area contributed by atoms with E-state index in [2.05, 4.69) is 0 Å². The van der Waals surface area contributed by atoms with Crippen molar-refractivity contribution in [2.45, 2.75) is 24.9 Å². The van der Waals surface area contributed by atoms with Crippen LogP contribution in [0.3, 0.4) is 0 Å². The highest BCUT2D eigenvalue weighted by Gasteiger charge is 2.45. The van der Waals surface area contributed by atoms with Gasteiger partial charge in [0.15, 0.2) is 11.4 Å². The Kier molecular flexibility index (Phi) is 2.18. The molecule has 0 N–H and O–H groups in total. The van der Waals surface area contributed by atoms with Crippen LogP contribution < -0.4 is 5.76 Å². The van der Waals surface area contributed by atoms with Gasteiger partial charge in [0.2, 0.25) is 6.29 Å². The van der Waals surface area contributed by atoms with Crippen LogP contribution in [0.5, 0.6) is 0 Å². The predicted molar refractivity (Wildman–Crippen MR) is 63.7 cm³/mol. The number of carbonyl (C=O) groups excluding carboxylic acids is 1. The van der Waals surface area contributed by atoms with Gasteiger partial charge in [-0.05, 0) is 12.1 Å². The highest BCUT2D eigenvalue weighted by molar-refractivity contribution is 5.84. The normalized spacial score (nSPS) is 30.1. The standard InChI is InChI=1S/C13H11NO5/c15-9-5-8(11-6-17-12(9)18-11)14-7-3-1-2-4-10(7)19-13(14)16/h1-4,8,11-12H,5-6H2/t8-,11+,12+/m1/s1. The van der Waals surface area contributed by atoms with Crippen molar-refractivity contribution in [1.29, 1.82) is 0 Å². The summed E-state index contributed by atoms with van der Waals surface area (Å²) in [6.45, 7) is 0.326. The van der Waals surface area contributed by atoms with Gasteiger partial charge in [-0.3, -0.25) is 9.36 Å². The van der Waals surface area contributed by atoms with Crippen LogP contribution in [0.1, 0.15) is 12.5 Å². The Labute approximate surface area is 107 Å². The minimum atomic E-state index is -0.755. The number of rotatable bonds is 1. The number of ketones is 1. The molecule has 2 saturated heterocycles. The fourth-order valence-corrected chi connectivity index (χ4v) is 2.78. The first kappa shape index (κ1) is 11.0. The molecule has 6 nitrogen and oxygen atoms in total. The number of aromatic nitrogens is 1. The van der Waals surface area contributed by atoms with Crippen LogP contribution in [0.15, 0.2) is 33.5 Å². The number of para-hydroxylation sites is 2. The van der Waals surface area contributed by atoms with Gasteiger partial charge in [-0.2, -0.15) is 0 Å². The third-order valence-corrected chi connectivity index (χ3v) is 3.66. The number of oxazole rings is 1. The number of hydrogen-bond donors (Lipinski definition) is 0. The van der Waals surface area contributed by atoms with Gasteiger partial charge in [0.25, 0.3) is 0 Å². The third-order valence-electron chi connectivity index (χ3n) is 3.66. The first-order valence-electron chi connectivity index (χ1n) is 6.14. The summed E-state index contributed by atoms with van der Waals surface area (Å²) in [7, 11) is 0. The number of fused-ring (bicyclic) bond motifs is 3. The lowest BCUT2D eigenvalue weighted by atomic mass is 10.0. The zero-order valence-electron chi connectivity index (χ0n) is 9.94. The van der Waals surface area contributed by atoms with Gasteiger partial charge in [-0.1, -0.05) is 12.1 Å². The highest BCUT2D eigenvalue weighted by Crippen LogP contribution is 2.33. The maximum atomic E-state index is 12.0. The van der Waals surface area contributed by atoms with E-state index in [4.69, 9.17) is 13.9 Å². The second-order valence-electron chi connectivity index (χ2n) is 4.78. The van der Waals surface area contributed by atoms with Crippen molar-refractivity contribution >= 4 is 16.9 Å². The van der Waals surface area contributed by atoms with Crippen molar-refractivity contribution in [3.05, 3.63) is 34.8 Å². The van der Waals surface area contributed by atoms with Crippen LogP contribution >= 0.6 is 0 Å². The molecule has 1 aromatic carbocycles. The molecule has 19 heavy (non-hydrogen) atoms. The first-order valence-corrected chi connectivity index (χ1v) is 6.14. The second kappa shape index (κ2) is 3.79. The Morgan fingerprint density at radius 1 is 1.21 bits per heavy atom. The van der Waals surface area contributed by atoms with Crippen molar-refractivity contribution in [2.24, 2.45) is 0 Å². The summed E-state index contributed by atoms with van der Waals surface area (Å²) in [5, 5.41) is 0. The summed E-state index contributed by atoms with van der Waals surface area (Å²) in [5.41, 5.74) is 1.19. The number of hydrogen-bond acceptors (Lipinski definition) is 5. The molecule has 2 fully saturated rings. The van der Waals surface area contributed by atoms with E-state index in [0.717, 1.165) is 0 Å². The van der Waals surface area contributed by atoms with Crippen molar-refractivity contribution in [1.82, 2.24) is 4.57 Å². The topological polar surface area (TPSA) is 70.7 Å². The Hall–Kier alpha value is -1.92. The van der Waals surface area contributed by atoms with E-state index in [0.29, 0.717) is 17.7 Å². The average molecular weight is 261 g/mol. The Bertz CT molecular complexity index is 715. The second-order valence-corrected chi connectivity index (χ2v) is 4.78. The van der Waals surface area contributed by atoms with E-state index >= 15 is 0 Å². The SMILES string of the molecule is O=C1C[C@@H](n2c(=O)oc3ccccc32)[C@@H]2CO[C@H]1O2. The molecule has 0 saturated carbocycles. The molecule has 2 bridgehead atoms. The van der Waals surface area contributed by atoms with Gasteiger partial charge in [-0.15, -0.1) is 0 Å². The minimum Gasteiger partial charge on any atom is -0.408 e. The minimum absolute atomic E-state index is 0.129. The summed E-state index contributed by atoms with van der Waals surface area (Å²) in [6.07, 6.45) is -0.796. The summed E-state index contributed by atoms with van der Waals surface area (Å²) in [4.78, 5) is 23.8. The number of ether oxygens (including phenoxy) is 2. The molecule has 0 radical (unpaired) electrons. The molecule has 6 heteroatoms. The molecule has 2 aliphatic rings. The molecule has 98 valence electrons. The molecule has 1 aromatic heterocycles. The number of nitrogens with zero attached hydrogens (tertiary/aromatic N) is 1. The smallest absolute Gasteiger partial charge is 0.408 e. The van der Waals surface area contributed by atoms with E-state index in [1.165, 1.54) is 4.57 Å². The molecule has 0 aliphatic carbocycles. The molecule has 0 unspecified atom stereocenters. The van der Waals surface area contributed by atoms with Crippen molar-refractivity contribution < 1.29 is 18.7 Å². The average Bonchev–Trinajstić information content (AvgIpc) is 2.96. The number of carbonyl (C=O) groups is 1. The lowest BCUT2D eigenvalue weighted by Crippen LogP contribution is -2.39. The van der Waals surface area contributed by atoms with Crippen molar-refractivity contribution in [2.75, 3.05) is 6.61 Å². The van der Waals surface area contributed by atoms with Gasteiger partial charge in [-0.25, -0.2) is 4.79 Å². The van der Waals surface area contributed by atoms with E-state index in [1.54, 1.807) is 18.2 Å². The zero-order chi connectivity index (χ0) is 13.0. The highest BCUT2D eigenvalue weighted by atomic mass is 16.7. The number of Topliss-reactive ketones (excluding diaryl/α,β-unsaturated/α-hetero) is 1. The number of benzene rings is 1. The van der Waals surface area contributed by atoms with Crippen LogP contribution in [0.4, 0.5) is 0 Å². The monoisotopic (exact) mass is 261 g/mol. The molecule has 0 amide bonds. The molecule has 3 atom stereocenters. The van der Waals surface area contributed by atoms with Crippen LogP contribution in [0, 0.1) is 0 Å². The summed E-state index contributed by atoms with van der Waals surface area (Å²) < 4.78 is 17.4. The lowest BCUT2D eigenvalue weighted by molar-refractivity contribution is -0.156. The molecule has 4 rings (SSSR count). The van der Waals surface area contributed by atoms with Crippen LogP contribution in [0.25, 0.3) is 11.1 Å². The molecular formula is C13H11NO5. The molecular weight excluding hydrogens is 250 g/mol. The largest absolute Gasteiger partial charge is 0.420 e. The maximum Gasteiger partial charge on any atom is 0.420 e. The maximum absolute atomic E-state index is 12.0. The zero-order valence-corrected chi connectivity index (χ0v) is 9.94. The van der Waals surface area contributed by atoms with E-state index in [9.17, 15) is 9.59 Å². The molecule has 2 aromatic rings. The third kappa shape index (κ3) is 1.50. The summed E-state index contributed by atoms with van der Waals surface area (Å²) in [6, 6.07) is 6.79. The Morgan fingerprint density at radius 2 is 2.05 bits per heavy atom. The summed E-state index contributed by atoms with van der Waals surface area (Å²) in [5.74, 6) is -0.594.